The Hall–Kier alpha value is -1.41. The van der Waals surface area contributed by atoms with Gasteiger partial charge < -0.3 is 10.2 Å². The molecule has 0 aromatic heterocycles. The maximum atomic E-state index is 3.49. The molecule has 3 heterocycles. The van der Waals surface area contributed by atoms with Crippen LogP contribution in [0.25, 0.3) is 0 Å². The highest BCUT2D eigenvalue weighted by molar-refractivity contribution is 5.85. The van der Waals surface area contributed by atoms with Crippen molar-refractivity contribution in [3.8, 4) is 0 Å². The average molecular weight is 369 g/mol. The van der Waals surface area contributed by atoms with E-state index in [-0.39, 0.29) is 12.4 Å². The summed E-state index contributed by atoms with van der Waals surface area (Å²) < 4.78 is 0. The molecular weight excluding hydrogens is 340 g/mol. The molecule has 0 bridgehead atoms. The smallest absolute Gasteiger partial charge is 0.0588 e. The van der Waals surface area contributed by atoms with Crippen molar-refractivity contribution in [3.05, 3.63) is 58.6 Å². The van der Waals surface area contributed by atoms with Crippen LogP contribution in [0.1, 0.15) is 51.4 Å². The van der Waals surface area contributed by atoms with Gasteiger partial charge in [-0.1, -0.05) is 31.1 Å². The van der Waals surface area contributed by atoms with E-state index in [0.717, 1.165) is 18.4 Å². The predicted molar refractivity (Wildman–Crippen MR) is 109 cm³/mol. The molecule has 0 spiro atoms. The molecule has 1 N–H and O–H groups in total. The van der Waals surface area contributed by atoms with Gasteiger partial charge in [0.05, 0.1) is 6.04 Å². The van der Waals surface area contributed by atoms with Crippen molar-refractivity contribution in [1.82, 2.24) is 10.2 Å². The summed E-state index contributed by atoms with van der Waals surface area (Å²) in [7, 11) is 0. The van der Waals surface area contributed by atoms with Crippen molar-refractivity contribution in [2.45, 2.75) is 57.4 Å². The van der Waals surface area contributed by atoms with Crippen molar-refractivity contribution in [2.24, 2.45) is 17.8 Å². The Bertz CT molecular complexity index is 765. The van der Waals surface area contributed by atoms with E-state index in [1.54, 1.807) is 22.4 Å². The summed E-state index contributed by atoms with van der Waals surface area (Å²) in [6.45, 7) is 0.984. The highest BCUT2D eigenvalue weighted by atomic mass is 35.5. The van der Waals surface area contributed by atoms with Crippen molar-refractivity contribution >= 4 is 12.4 Å². The molecule has 6 aliphatic rings. The molecule has 2 nitrogen and oxygen atoms in total. The van der Waals surface area contributed by atoms with E-state index < -0.39 is 0 Å². The Labute approximate surface area is 163 Å². The summed E-state index contributed by atoms with van der Waals surface area (Å²) in [5, 5.41) is 3.49. The standard InChI is InChI=1S/C23H28N2.ClH/c1-2-4-21-16(3-1)7-9-18-17(13-15-5-6-15)8-10-19-20-14-24-12-11-22(20)25(21)23(18)19;/h1,3,7,11,14-15,17,19,21,24H,2,4-6,8-10,12-13H2;1H/t17-,19+,21?;/m0./s1. The van der Waals surface area contributed by atoms with Gasteiger partial charge in [0.15, 0.2) is 0 Å². The summed E-state index contributed by atoms with van der Waals surface area (Å²) in [5.74, 6) is 2.53. The minimum absolute atomic E-state index is 0. The van der Waals surface area contributed by atoms with Crippen LogP contribution < -0.4 is 5.32 Å². The molecule has 2 fully saturated rings. The van der Waals surface area contributed by atoms with Gasteiger partial charge in [0.2, 0.25) is 0 Å². The third-order valence-electron chi connectivity index (χ3n) is 7.30. The Balaban J connectivity index is 0.00000150. The summed E-state index contributed by atoms with van der Waals surface area (Å²) in [6, 6.07) is 0.579. The highest BCUT2D eigenvalue weighted by Gasteiger charge is 2.47. The zero-order valence-electron chi connectivity index (χ0n) is 15.4. The number of nitrogens with one attached hydrogen (secondary N) is 1. The van der Waals surface area contributed by atoms with Gasteiger partial charge in [-0.15, -0.1) is 12.4 Å². The van der Waals surface area contributed by atoms with E-state index in [0.29, 0.717) is 12.0 Å². The summed E-state index contributed by atoms with van der Waals surface area (Å²) in [5.41, 5.74) is 8.22. The second kappa shape index (κ2) is 6.34. The lowest BCUT2D eigenvalue weighted by Gasteiger charge is -2.37. The van der Waals surface area contributed by atoms with E-state index in [9.17, 15) is 0 Å². The third-order valence-corrected chi connectivity index (χ3v) is 7.30. The third kappa shape index (κ3) is 2.45. The Kier molecular flexibility index (Phi) is 4.08. The monoisotopic (exact) mass is 368 g/mol. The van der Waals surface area contributed by atoms with Crippen LogP contribution >= 0.6 is 12.4 Å². The van der Waals surface area contributed by atoms with Crippen LogP contribution in [0.15, 0.2) is 58.6 Å². The summed E-state index contributed by atoms with van der Waals surface area (Å²) in [6.07, 6.45) is 23.1. The number of rotatable bonds is 2. The lowest BCUT2D eigenvalue weighted by molar-refractivity contribution is 0.313. The number of nitrogens with zero attached hydrogens (tertiary/aromatic N) is 1. The largest absolute Gasteiger partial charge is 0.387 e. The second-order valence-corrected chi connectivity index (χ2v) is 8.79. The molecule has 6 rings (SSSR count). The first-order chi connectivity index (χ1) is 12.4. The molecule has 0 radical (unpaired) electrons. The fourth-order valence-corrected chi connectivity index (χ4v) is 5.98. The van der Waals surface area contributed by atoms with Gasteiger partial charge in [-0.05, 0) is 67.6 Å². The first-order valence-electron chi connectivity index (χ1n) is 10.4. The molecule has 1 saturated heterocycles. The molecule has 0 aromatic rings. The number of fused-ring (bicyclic) bond motifs is 5. The molecule has 3 aliphatic heterocycles. The second-order valence-electron chi connectivity index (χ2n) is 8.79. The predicted octanol–water partition coefficient (Wildman–Crippen LogP) is 5.22. The Morgan fingerprint density at radius 3 is 2.88 bits per heavy atom. The molecule has 3 heteroatoms. The Morgan fingerprint density at radius 2 is 2.00 bits per heavy atom. The molecule has 1 saturated carbocycles. The van der Waals surface area contributed by atoms with Crippen molar-refractivity contribution < 1.29 is 0 Å². The van der Waals surface area contributed by atoms with Crippen LogP contribution in [0.4, 0.5) is 0 Å². The lowest BCUT2D eigenvalue weighted by Crippen LogP contribution is -2.35. The van der Waals surface area contributed by atoms with Gasteiger partial charge in [0.1, 0.15) is 0 Å². The van der Waals surface area contributed by atoms with E-state index in [1.807, 2.05) is 0 Å². The highest BCUT2D eigenvalue weighted by Crippen LogP contribution is 2.55. The maximum absolute atomic E-state index is 3.49. The average Bonchev–Trinajstić information content (AvgIpc) is 3.43. The van der Waals surface area contributed by atoms with Gasteiger partial charge in [-0.2, -0.15) is 0 Å². The quantitative estimate of drug-likeness (QED) is 0.718. The van der Waals surface area contributed by atoms with Crippen LogP contribution in [-0.2, 0) is 0 Å². The normalized spacial score (nSPS) is 34.4. The summed E-state index contributed by atoms with van der Waals surface area (Å²) >= 11 is 0. The van der Waals surface area contributed by atoms with E-state index in [2.05, 4.69) is 40.7 Å². The zero-order chi connectivity index (χ0) is 16.4. The Morgan fingerprint density at radius 1 is 1.08 bits per heavy atom. The van der Waals surface area contributed by atoms with Crippen LogP contribution in [0, 0.1) is 17.8 Å². The molecule has 1 unspecified atom stereocenters. The van der Waals surface area contributed by atoms with Gasteiger partial charge in [0, 0.05) is 35.6 Å². The number of hydrogen-bond acceptors (Lipinski definition) is 2. The fraction of sp³-hybridized carbons (Fsp3) is 0.565. The van der Waals surface area contributed by atoms with Gasteiger partial charge in [-0.25, -0.2) is 0 Å². The molecule has 3 aliphatic carbocycles. The van der Waals surface area contributed by atoms with E-state index >= 15 is 0 Å². The van der Waals surface area contributed by atoms with Crippen molar-refractivity contribution in [1.29, 1.82) is 0 Å². The fourth-order valence-electron chi connectivity index (χ4n) is 5.98. The minimum atomic E-state index is 0. The first kappa shape index (κ1) is 16.7. The van der Waals surface area contributed by atoms with Crippen LogP contribution in [0.5, 0.6) is 0 Å². The topological polar surface area (TPSA) is 15.3 Å². The van der Waals surface area contributed by atoms with Crippen LogP contribution in [-0.4, -0.2) is 17.5 Å². The van der Waals surface area contributed by atoms with Crippen LogP contribution in [0.2, 0.25) is 0 Å². The lowest BCUT2D eigenvalue weighted by atomic mass is 9.75. The van der Waals surface area contributed by atoms with Gasteiger partial charge in [0.25, 0.3) is 0 Å². The number of halogens is 1. The van der Waals surface area contributed by atoms with Gasteiger partial charge in [-0.3, -0.25) is 0 Å². The molecule has 138 valence electrons. The number of hydrogen-bond donors (Lipinski definition) is 1. The molecule has 26 heavy (non-hydrogen) atoms. The van der Waals surface area contributed by atoms with Gasteiger partial charge >= 0.3 is 0 Å². The molecule has 0 amide bonds. The van der Waals surface area contributed by atoms with Crippen molar-refractivity contribution in [2.75, 3.05) is 6.54 Å². The molecule has 0 aromatic carbocycles. The maximum Gasteiger partial charge on any atom is 0.0588 e. The van der Waals surface area contributed by atoms with Crippen molar-refractivity contribution in [3.63, 3.8) is 0 Å². The number of dihydropyridines is 1. The zero-order valence-corrected chi connectivity index (χ0v) is 16.2. The number of allylic oxidation sites excluding steroid dienone is 5. The minimum Gasteiger partial charge on any atom is -0.387 e. The SMILES string of the molecule is C1=CC2=CCC3=C4[C@H](CC[C@H]3CC3CC3)C3=CNCC=C3N4C2CC1.Cl. The molecular formula is C23H29ClN2. The van der Waals surface area contributed by atoms with Crippen LogP contribution in [0.3, 0.4) is 0 Å². The summed E-state index contributed by atoms with van der Waals surface area (Å²) in [4.78, 5) is 2.80. The van der Waals surface area contributed by atoms with E-state index in [1.165, 1.54) is 57.1 Å². The first-order valence-corrected chi connectivity index (χ1v) is 10.4. The van der Waals surface area contributed by atoms with E-state index in [4.69, 9.17) is 0 Å². The molecule has 3 atom stereocenters.